The van der Waals surface area contributed by atoms with Gasteiger partial charge in [0.15, 0.2) is 0 Å². The molecule has 2 rings (SSSR count). The number of aliphatic carboxylic acids is 1. The third kappa shape index (κ3) is 2.18. The maximum Gasteiger partial charge on any atom is 0.314 e. The van der Waals surface area contributed by atoms with Crippen LogP contribution in [0.15, 0.2) is 23.3 Å². The summed E-state index contributed by atoms with van der Waals surface area (Å²) in [6.45, 7) is 1.72. The molecule has 4 nitrogen and oxygen atoms in total. The lowest BCUT2D eigenvalue weighted by molar-refractivity contribution is -0.140. The molecule has 0 radical (unpaired) electrons. The van der Waals surface area contributed by atoms with Gasteiger partial charge in [-0.15, -0.1) is 0 Å². The van der Waals surface area contributed by atoms with E-state index in [1.165, 1.54) is 0 Å². The van der Waals surface area contributed by atoms with Crippen LogP contribution >= 0.6 is 23.2 Å². The molecule has 0 bridgehead atoms. The Morgan fingerprint density at radius 3 is 2.61 bits per heavy atom. The zero-order chi connectivity index (χ0) is 13.4. The fraction of sp³-hybridized carbons (Fsp3) is 0.333. The van der Waals surface area contributed by atoms with Gasteiger partial charge in [-0.2, -0.15) is 5.10 Å². The number of halogens is 2. The third-order valence-corrected chi connectivity index (χ3v) is 3.77. The summed E-state index contributed by atoms with van der Waals surface area (Å²) in [6.07, 6.45) is 0. The molecule has 1 N–H and O–H groups in total. The largest absolute Gasteiger partial charge is 0.481 e. The minimum atomic E-state index is -0.892. The van der Waals surface area contributed by atoms with Crippen molar-refractivity contribution in [1.82, 2.24) is 5.01 Å². The summed E-state index contributed by atoms with van der Waals surface area (Å²) in [5, 5.41) is 16.0. The minimum Gasteiger partial charge on any atom is -0.481 e. The summed E-state index contributed by atoms with van der Waals surface area (Å²) in [4.78, 5) is 11.3. The van der Waals surface area contributed by atoms with E-state index in [-0.39, 0.29) is 6.04 Å². The molecular formula is C12H12Cl2N2O2. The molecule has 0 spiro atoms. The Bertz CT molecular complexity index is 531. The topological polar surface area (TPSA) is 52.9 Å². The maximum atomic E-state index is 11.3. The molecule has 0 aromatic heterocycles. The zero-order valence-corrected chi connectivity index (χ0v) is 11.4. The number of carbonyl (C=O) groups is 1. The molecule has 0 aliphatic carbocycles. The number of hydrogen-bond donors (Lipinski definition) is 1. The Labute approximate surface area is 115 Å². The second-order valence-corrected chi connectivity index (χ2v) is 5.06. The van der Waals surface area contributed by atoms with Crippen molar-refractivity contribution in [2.75, 3.05) is 7.05 Å². The monoisotopic (exact) mass is 286 g/mol. The summed E-state index contributed by atoms with van der Waals surface area (Å²) in [5.74, 6) is -1.55. The molecule has 2 atom stereocenters. The van der Waals surface area contributed by atoms with Crippen molar-refractivity contribution in [3.05, 3.63) is 33.8 Å². The summed E-state index contributed by atoms with van der Waals surface area (Å²) in [6, 6.07) is 4.78. The van der Waals surface area contributed by atoms with E-state index in [9.17, 15) is 9.90 Å². The standard InChI is InChI=1S/C12H12Cl2N2O2/c1-6-10(12(17)18)11(16(2)15-6)7-3-4-8(13)9(14)5-7/h3-5,10-11H,1-2H3,(H,17,18). The Kier molecular flexibility index (Phi) is 3.50. The van der Waals surface area contributed by atoms with Gasteiger partial charge < -0.3 is 5.11 Å². The normalized spacial score (nSPS) is 23.1. The van der Waals surface area contributed by atoms with Crippen molar-refractivity contribution in [1.29, 1.82) is 0 Å². The number of rotatable bonds is 2. The van der Waals surface area contributed by atoms with Gasteiger partial charge in [0, 0.05) is 7.05 Å². The summed E-state index contributed by atoms with van der Waals surface area (Å²) in [7, 11) is 1.75. The first-order valence-electron chi connectivity index (χ1n) is 5.37. The summed E-state index contributed by atoms with van der Waals surface area (Å²) < 4.78 is 0. The van der Waals surface area contributed by atoms with Crippen molar-refractivity contribution < 1.29 is 9.90 Å². The van der Waals surface area contributed by atoms with Gasteiger partial charge in [-0.1, -0.05) is 29.3 Å². The second-order valence-electron chi connectivity index (χ2n) is 4.25. The Morgan fingerprint density at radius 1 is 1.39 bits per heavy atom. The lowest BCUT2D eigenvalue weighted by atomic mass is 9.91. The van der Waals surface area contributed by atoms with Crippen LogP contribution in [0, 0.1) is 5.92 Å². The molecule has 1 aliphatic heterocycles. The van der Waals surface area contributed by atoms with Gasteiger partial charge in [0.05, 0.1) is 21.8 Å². The molecule has 18 heavy (non-hydrogen) atoms. The van der Waals surface area contributed by atoms with Crippen molar-refractivity contribution in [3.8, 4) is 0 Å². The van der Waals surface area contributed by atoms with E-state index in [1.807, 2.05) is 0 Å². The fourth-order valence-electron chi connectivity index (χ4n) is 2.24. The predicted octanol–water partition coefficient (Wildman–Crippen LogP) is 3.06. The van der Waals surface area contributed by atoms with Crippen molar-refractivity contribution in [3.63, 3.8) is 0 Å². The highest BCUT2D eigenvalue weighted by molar-refractivity contribution is 6.42. The maximum absolute atomic E-state index is 11.3. The predicted molar refractivity (Wildman–Crippen MR) is 71.2 cm³/mol. The number of carboxylic acid groups (broad SMARTS) is 1. The molecule has 1 aliphatic rings. The van der Waals surface area contributed by atoms with Gasteiger partial charge >= 0.3 is 5.97 Å². The van der Waals surface area contributed by atoms with Gasteiger partial charge in [0.25, 0.3) is 0 Å². The second kappa shape index (κ2) is 4.78. The first-order chi connectivity index (χ1) is 8.41. The number of hydrazone groups is 1. The minimum absolute atomic E-state index is 0.350. The van der Waals surface area contributed by atoms with Gasteiger partial charge in [-0.25, -0.2) is 0 Å². The first kappa shape index (κ1) is 13.2. The molecule has 0 saturated heterocycles. The van der Waals surface area contributed by atoms with Crippen LogP contribution in [-0.2, 0) is 4.79 Å². The Morgan fingerprint density at radius 2 is 2.06 bits per heavy atom. The van der Waals surface area contributed by atoms with Crippen molar-refractivity contribution in [2.24, 2.45) is 11.0 Å². The lowest BCUT2D eigenvalue weighted by Gasteiger charge is -2.23. The summed E-state index contributed by atoms with van der Waals surface area (Å²) in [5.41, 5.74) is 1.38. The SMILES string of the molecule is CC1=NN(C)C(c2ccc(Cl)c(Cl)c2)C1C(=O)O. The molecule has 0 saturated carbocycles. The van der Waals surface area contributed by atoms with E-state index in [0.717, 1.165) is 5.56 Å². The molecule has 6 heteroatoms. The van der Waals surface area contributed by atoms with Crippen molar-refractivity contribution >= 4 is 34.9 Å². The van der Waals surface area contributed by atoms with Crippen LogP contribution in [0.25, 0.3) is 0 Å². The van der Waals surface area contributed by atoms with Crippen molar-refractivity contribution in [2.45, 2.75) is 13.0 Å². The van der Waals surface area contributed by atoms with Crippen LogP contribution in [0.5, 0.6) is 0 Å². The van der Waals surface area contributed by atoms with E-state index < -0.39 is 11.9 Å². The van der Waals surface area contributed by atoms with Crippen LogP contribution in [-0.4, -0.2) is 28.8 Å². The van der Waals surface area contributed by atoms with Crippen LogP contribution in [0.3, 0.4) is 0 Å². The highest BCUT2D eigenvalue weighted by Gasteiger charge is 2.39. The number of nitrogens with zero attached hydrogens (tertiary/aromatic N) is 2. The highest BCUT2D eigenvalue weighted by atomic mass is 35.5. The number of carboxylic acids is 1. The average Bonchev–Trinajstić information content (AvgIpc) is 2.57. The first-order valence-corrected chi connectivity index (χ1v) is 6.13. The molecular weight excluding hydrogens is 275 g/mol. The summed E-state index contributed by atoms with van der Waals surface area (Å²) >= 11 is 11.8. The van der Waals surface area contributed by atoms with E-state index in [4.69, 9.17) is 23.2 Å². The van der Waals surface area contributed by atoms with E-state index in [0.29, 0.717) is 15.8 Å². The van der Waals surface area contributed by atoms with Gasteiger partial charge in [-0.3, -0.25) is 9.80 Å². The van der Waals surface area contributed by atoms with Crippen LogP contribution in [0.1, 0.15) is 18.5 Å². The molecule has 0 fully saturated rings. The zero-order valence-electron chi connectivity index (χ0n) is 9.89. The molecule has 1 aromatic rings. The molecule has 0 amide bonds. The smallest absolute Gasteiger partial charge is 0.314 e. The van der Waals surface area contributed by atoms with Gasteiger partial charge in [0.2, 0.25) is 0 Å². The quantitative estimate of drug-likeness (QED) is 0.909. The van der Waals surface area contributed by atoms with Gasteiger partial charge in [-0.05, 0) is 24.6 Å². The van der Waals surface area contributed by atoms with Crippen LogP contribution < -0.4 is 0 Å². The molecule has 1 heterocycles. The number of hydrogen-bond acceptors (Lipinski definition) is 3. The molecule has 96 valence electrons. The molecule has 1 aromatic carbocycles. The van der Waals surface area contributed by atoms with Gasteiger partial charge in [0.1, 0.15) is 5.92 Å². The average molecular weight is 287 g/mol. The Hall–Kier alpha value is -1.26. The van der Waals surface area contributed by atoms with Crippen LogP contribution in [0.2, 0.25) is 10.0 Å². The lowest BCUT2D eigenvalue weighted by Crippen LogP contribution is -2.28. The Balaban J connectivity index is 2.42. The fourth-order valence-corrected chi connectivity index (χ4v) is 2.54. The van der Waals surface area contributed by atoms with Crippen LogP contribution in [0.4, 0.5) is 0 Å². The van der Waals surface area contributed by atoms with E-state index >= 15 is 0 Å². The van der Waals surface area contributed by atoms with E-state index in [1.54, 1.807) is 37.2 Å². The highest BCUT2D eigenvalue weighted by Crippen LogP contribution is 2.36. The third-order valence-electron chi connectivity index (χ3n) is 3.04. The van der Waals surface area contributed by atoms with E-state index in [2.05, 4.69) is 5.10 Å². The number of benzene rings is 1. The molecule has 2 unspecified atom stereocenters.